The molecular weight excluding hydrogens is 647 g/mol. The Balaban J connectivity index is 1.07. The molecule has 3 heteroatoms. The molecule has 9 aromatic carbocycles. The Morgan fingerprint density at radius 3 is 1.72 bits per heavy atom. The number of furan rings is 2. The van der Waals surface area contributed by atoms with Crippen LogP contribution in [0.4, 0.5) is 17.1 Å². The predicted octanol–water partition coefficient (Wildman–Crippen LogP) is 14.6. The molecule has 0 aliphatic rings. The van der Waals surface area contributed by atoms with E-state index in [1.165, 1.54) is 27.5 Å². The molecule has 0 bridgehead atoms. The minimum atomic E-state index is 0.844. The Labute approximate surface area is 305 Å². The second-order valence-corrected chi connectivity index (χ2v) is 13.7. The standard InChI is InChI=1S/C50H31NO2/c1-3-13-38-34(10-1)12-7-16-39(38)36-24-22-32(23-25-36)33-26-29-37(30-27-33)51(45-19-8-17-42-41-15-5-6-20-46(41)52-50(42)45)44-18-9-21-47-48(44)43-31-28-35-11-2-4-14-40(35)49(43)53-47/h1-31H. The zero-order chi connectivity index (χ0) is 34.9. The van der Waals surface area contributed by atoms with Crippen molar-refractivity contribution in [3.8, 4) is 22.3 Å². The number of anilines is 3. The SMILES string of the molecule is c1ccc2c(-c3ccc(-c4ccc(N(c5cccc6c5oc5ccccc56)c5cccc6oc7c8ccccc8ccc7c56)cc4)cc3)cccc2c1. The number of para-hydroxylation sites is 2. The van der Waals surface area contributed by atoms with Crippen LogP contribution in [0.15, 0.2) is 197 Å². The van der Waals surface area contributed by atoms with Gasteiger partial charge in [-0.15, -0.1) is 0 Å². The van der Waals surface area contributed by atoms with E-state index in [9.17, 15) is 0 Å². The molecule has 2 aromatic heterocycles. The molecule has 0 saturated carbocycles. The van der Waals surface area contributed by atoms with Crippen LogP contribution in [0.1, 0.15) is 0 Å². The second-order valence-electron chi connectivity index (χ2n) is 13.7. The third kappa shape index (κ3) is 4.68. The highest BCUT2D eigenvalue weighted by Crippen LogP contribution is 2.47. The van der Waals surface area contributed by atoms with Gasteiger partial charge in [0.25, 0.3) is 0 Å². The van der Waals surface area contributed by atoms with Gasteiger partial charge in [0, 0.05) is 27.2 Å². The molecule has 0 saturated heterocycles. The van der Waals surface area contributed by atoms with Crippen LogP contribution in [0.25, 0.3) is 87.7 Å². The molecule has 0 fully saturated rings. The quantitative estimate of drug-likeness (QED) is 0.182. The largest absolute Gasteiger partial charge is 0.455 e. The van der Waals surface area contributed by atoms with Crippen LogP contribution < -0.4 is 4.90 Å². The lowest BCUT2D eigenvalue weighted by Gasteiger charge is -2.26. The normalized spacial score (nSPS) is 11.8. The number of hydrogen-bond acceptors (Lipinski definition) is 3. The minimum absolute atomic E-state index is 0.844. The van der Waals surface area contributed by atoms with Crippen LogP contribution in [0.5, 0.6) is 0 Å². The Hall–Kier alpha value is -7.10. The first-order valence-electron chi connectivity index (χ1n) is 18.0. The van der Waals surface area contributed by atoms with Gasteiger partial charge in [0.1, 0.15) is 16.7 Å². The van der Waals surface area contributed by atoms with Crippen molar-refractivity contribution < 1.29 is 8.83 Å². The highest BCUT2D eigenvalue weighted by atomic mass is 16.3. The summed E-state index contributed by atoms with van der Waals surface area (Å²) in [5, 5.41) is 9.11. The molecule has 0 aliphatic heterocycles. The van der Waals surface area contributed by atoms with Crippen molar-refractivity contribution in [1.29, 1.82) is 0 Å². The average Bonchev–Trinajstić information content (AvgIpc) is 3.81. The molecule has 53 heavy (non-hydrogen) atoms. The van der Waals surface area contributed by atoms with Gasteiger partial charge in [-0.25, -0.2) is 0 Å². The average molecular weight is 678 g/mol. The Morgan fingerprint density at radius 1 is 0.321 bits per heavy atom. The fraction of sp³-hybridized carbons (Fsp3) is 0. The van der Waals surface area contributed by atoms with E-state index in [-0.39, 0.29) is 0 Å². The van der Waals surface area contributed by atoms with E-state index in [0.717, 1.165) is 77.3 Å². The number of nitrogens with zero attached hydrogens (tertiary/aromatic N) is 1. The monoisotopic (exact) mass is 677 g/mol. The second kappa shape index (κ2) is 11.7. The van der Waals surface area contributed by atoms with Crippen molar-refractivity contribution in [2.75, 3.05) is 4.90 Å². The van der Waals surface area contributed by atoms with Gasteiger partial charge < -0.3 is 13.7 Å². The number of benzene rings is 9. The third-order valence-corrected chi connectivity index (χ3v) is 10.7. The van der Waals surface area contributed by atoms with E-state index >= 15 is 0 Å². The first kappa shape index (κ1) is 29.6. The molecule has 248 valence electrons. The van der Waals surface area contributed by atoms with E-state index in [2.05, 4.69) is 181 Å². The lowest BCUT2D eigenvalue weighted by molar-refractivity contribution is 0.669. The van der Waals surface area contributed by atoms with Crippen molar-refractivity contribution >= 4 is 82.5 Å². The molecule has 0 N–H and O–H groups in total. The van der Waals surface area contributed by atoms with Crippen molar-refractivity contribution in [3.63, 3.8) is 0 Å². The van der Waals surface area contributed by atoms with Crippen molar-refractivity contribution in [2.24, 2.45) is 0 Å². The third-order valence-electron chi connectivity index (χ3n) is 10.7. The van der Waals surface area contributed by atoms with Gasteiger partial charge in [-0.1, -0.05) is 146 Å². The molecular formula is C50H31NO2. The fourth-order valence-electron chi connectivity index (χ4n) is 8.16. The summed E-state index contributed by atoms with van der Waals surface area (Å²) >= 11 is 0. The highest BCUT2D eigenvalue weighted by Gasteiger charge is 2.23. The van der Waals surface area contributed by atoms with Crippen LogP contribution in [0.3, 0.4) is 0 Å². The fourth-order valence-corrected chi connectivity index (χ4v) is 8.16. The number of fused-ring (bicyclic) bond motifs is 9. The Bertz CT molecular complexity index is 3160. The summed E-state index contributed by atoms with van der Waals surface area (Å²) in [5.74, 6) is 0. The summed E-state index contributed by atoms with van der Waals surface area (Å²) in [6.07, 6.45) is 0. The van der Waals surface area contributed by atoms with Crippen LogP contribution in [-0.4, -0.2) is 0 Å². The summed E-state index contributed by atoms with van der Waals surface area (Å²) in [4.78, 5) is 2.32. The van der Waals surface area contributed by atoms with Crippen LogP contribution >= 0.6 is 0 Å². The van der Waals surface area contributed by atoms with E-state index in [0.29, 0.717) is 0 Å². The smallest absolute Gasteiger partial charge is 0.159 e. The van der Waals surface area contributed by atoms with Crippen LogP contribution in [0, 0.1) is 0 Å². The van der Waals surface area contributed by atoms with Gasteiger partial charge >= 0.3 is 0 Å². The summed E-state index contributed by atoms with van der Waals surface area (Å²) in [5.41, 5.74) is 11.2. The summed E-state index contributed by atoms with van der Waals surface area (Å²) in [6.45, 7) is 0. The molecule has 0 spiro atoms. The van der Waals surface area contributed by atoms with Crippen molar-refractivity contribution in [1.82, 2.24) is 0 Å². The summed E-state index contributed by atoms with van der Waals surface area (Å²) in [7, 11) is 0. The lowest BCUT2D eigenvalue weighted by Crippen LogP contribution is -2.10. The van der Waals surface area contributed by atoms with E-state index < -0.39 is 0 Å². The molecule has 0 unspecified atom stereocenters. The molecule has 0 atom stereocenters. The van der Waals surface area contributed by atoms with Gasteiger partial charge in [0.2, 0.25) is 0 Å². The van der Waals surface area contributed by atoms with Crippen LogP contribution in [0.2, 0.25) is 0 Å². The molecule has 2 heterocycles. The molecule has 0 aliphatic carbocycles. The van der Waals surface area contributed by atoms with Gasteiger partial charge in [-0.2, -0.15) is 0 Å². The van der Waals surface area contributed by atoms with Crippen LogP contribution in [-0.2, 0) is 0 Å². The molecule has 11 aromatic rings. The van der Waals surface area contributed by atoms with Crippen molar-refractivity contribution in [3.05, 3.63) is 188 Å². The Kier molecular flexibility index (Phi) is 6.55. The van der Waals surface area contributed by atoms with E-state index in [1.807, 2.05) is 12.1 Å². The highest BCUT2D eigenvalue weighted by molar-refractivity contribution is 6.20. The van der Waals surface area contributed by atoms with Gasteiger partial charge in [0.05, 0.1) is 16.8 Å². The zero-order valence-electron chi connectivity index (χ0n) is 28.7. The molecule has 0 radical (unpaired) electrons. The first-order valence-corrected chi connectivity index (χ1v) is 18.0. The van der Waals surface area contributed by atoms with E-state index in [4.69, 9.17) is 8.83 Å². The topological polar surface area (TPSA) is 29.5 Å². The number of rotatable bonds is 5. The molecule has 11 rings (SSSR count). The molecule has 3 nitrogen and oxygen atoms in total. The van der Waals surface area contributed by atoms with E-state index in [1.54, 1.807) is 0 Å². The lowest BCUT2D eigenvalue weighted by atomic mass is 9.96. The minimum Gasteiger partial charge on any atom is -0.455 e. The maximum absolute atomic E-state index is 6.66. The zero-order valence-corrected chi connectivity index (χ0v) is 28.7. The number of hydrogen-bond donors (Lipinski definition) is 0. The Morgan fingerprint density at radius 2 is 0.887 bits per heavy atom. The van der Waals surface area contributed by atoms with Gasteiger partial charge in [-0.3, -0.25) is 0 Å². The van der Waals surface area contributed by atoms with Gasteiger partial charge in [0.15, 0.2) is 5.58 Å². The van der Waals surface area contributed by atoms with Crippen molar-refractivity contribution in [2.45, 2.75) is 0 Å². The predicted molar refractivity (Wildman–Crippen MR) is 222 cm³/mol. The molecule has 0 amide bonds. The first-order chi connectivity index (χ1) is 26.3. The maximum Gasteiger partial charge on any atom is 0.159 e. The summed E-state index contributed by atoms with van der Waals surface area (Å²) in [6, 6.07) is 66.7. The van der Waals surface area contributed by atoms with Gasteiger partial charge in [-0.05, 0) is 80.9 Å². The summed E-state index contributed by atoms with van der Waals surface area (Å²) < 4.78 is 13.3. The maximum atomic E-state index is 6.66.